The van der Waals surface area contributed by atoms with E-state index in [1.165, 1.54) is 11.3 Å². The maximum atomic E-state index is 12.2. The molecule has 21 heavy (non-hydrogen) atoms. The molecule has 7 nitrogen and oxygen atoms in total. The summed E-state index contributed by atoms with van der Waals surface area (Å²) >= 11 is 1.43. The summed E-state index contributed by atoms with van der Waals surface area (Å²) in [5.41, 5.74) is 6.29. The molecule has 0 spiro atoms. The number of hydrogen-bond donors (Lipinski definition) is 3. The zero-order valence-electron chi connectivity index (χ0n) is 12.3. The lowest BCUT2D eigenvalue weighted by molar-refractivity contribution is 0.0918. The van der Waals surface area contributed by atoms with E-state index in [9.17, 15) is 4.79 Å². The molecule has 1 saturated heterocycles. The van der Waals surface area contributed by atoms with Crippen LogP contribution in [0, 0.1) is 13.8 Å². The number of oxime groups is 1. The fourth-order valence-electron chi connectivity index (χ4n) is 2.49. The van der Waals surface area contributed by atoms with E-state index in [1.807, 2.05) is 13.8 Å². The number of thiazole rings is 1. The number of amides is 1. The van der Waals surface area contributed by atoms with Gasteiger partial charge in [0.25, 0.3) is 5.91 Å². The van der Waals surface area contributed by atoms with Crippen LogP contribution in [-0.2, 0) is 0 Å². The summed E-state index contributed by atoms with van der Waals surface area (Å²) in [6.45, 7) is 5.87. The van der Waals surface area contributed by atoms with Crippen molar-refractivity contribution in [1.82, 2.24) is 15.2 Å². The van der Waals surface area contributed by atoms with Crippen LogP contribution in [0.15, 0.2) is 5.16 Å². The van der Waals surface area contributed by atoms with Gasteiger partial charge in [0, 0.05) is 19.1 Å². The molecule has 1 amide bonds. The van der Waals surface area contributed by atoms with Gasteiger partial charge in [0.15, 0.2) is 5.84 Å². The SMILES string of the molecule is Cc1nc(C)c(C(=O)NC2CCN(CC(N)=NO)CC2)s1. The second-order valence-electron chi connectivity index (χ2n) is 5.26. The molecule has 0 aliphatic carbocycles. The minimum Gasteiger partial charge on any atom is -0.409 e. The van der Waals surface area contributed by atoms with E-state index in [1.54, 1.807) is 0 Å². The van der Waals surface area contributed by atoms with Crippen LogP contribution in [0.25, 0.3) is 0 Å². The van der Waals surface area contributed by atoms with Crippen LogP contribution in [0.2, 0.25) is 0 Å². The molecule has 0 atom stereocenters. The quantitative estimate of drug-likeness (QED) is 0.329. The van der Waals surface area contributed by atoms with Crippen LogP contribution < -0.4 is 11.1 Å². The molecule has 1 aromatic heterocycles. The molecular weight excluding hydrogens is 290 g/mol. The molecule has 4 N–H and O–H groups in total. The Morgan fingerprint density at radius 3 is 2.71 bits per heavy atom. The highest BCUT2D eigenvalue weighted by Crippen LogP contribution is 2.18. The maximum absolute atomic E-state index is 12.2. The molecule has 1 fully saturated rings. The number of hydrogen-bond acceptors (Lipinski definition) is 6. The molecule has 2 heterocycles. The van der Waals surface area contributed by atoms with Crippen molar-refractivity contribution in [2.45, 2.75) is 32.7 Å². The number of aryl methyl sites for hydroxylation is 2. The Hall–Kier alpha value is -1.67. The van der Waals surface area contributed by atoms with Crippen molar-refractivity contribution in [3.05, 3.63) is 15.6 Å². The van der Waals surface area contributed by atoms with Gasteiger partial charge in [-0.15, -0.1) is 11.3 Å². The first-order valence-electron chi connectivity index (χ1n) is 6.93. The smallest absolute Gasteiger partial charge is 0.263 e. The second kappa shape index (κ2) is 6.86. The van der Waals surface area contributed by atoms with Crippen LogP contribution >= 0.6 is 11.3 Å². The van der Waals surface area contributed by atoms with Gasteiger partial charge in [0.2, 0.25) is 0 Å². The van der Waals surface area contributed by atoms with Gasteiger partial charge in [-0.05, 0) is 26.7 Å². The third-order valence-corrected chi connectivity index (χ3v) is 4.62. The summed E-state index contributed by atoms with van der Waals surface area (Å²) in [6.07, 6.45) is 1.72. The Bertz CT molecular complexity index is 535. The summed E-state index contributed by atoms with van der Waals surface area (Å²) in [5, 5.41) is 15.5. The number of rotatable bonds is 4. The van der Waals surface area contributed by atoms with Gasteiger partial charge < -0.3 is 16.3 Å². The van der Waals surface area contributed by atoms with Crippen LogP contribution in [-0.4, -0.2) is 52.5 Å². The predicted octanol–water partition coefficient (Wildman–Crippen LogP) is 0.701. The van der Waals surface area contributed by atoms with Crippen molar-refractivity contribution in [3.63, 3.8) is 0 Å². The number of likely N-dealkylation sites (tertiary alicyclic amines) is 1. The largest absolute Gasteiger partial charge is 0.409 e. The Kier molecular flexibility index (Phi) is 5.13. The van der Waals surface area contributed by atoms with Gasteiger partial charge in [-0.25, -0.2) is 4.98 Å². The number of nitrogens with two attached hydrogens (primary N) is 1. The third-order valence-electron chi connectivity index (χ3n) is 3.55. The lowest BCUT2D eigenvalue weighted by Crippen LogP contribution is -2.46. The van der Waals surface area contributed by atoms with Crippen LogP contribution in [0.3, 0.4) is 0 Å². The molecular formula is C13H21N5O2S. The van der Waals surface area contributed by atoms with Crippen molar-refractivity contribution in [2.75, 3.05) is 19.6 Å². The van der Waals surface area contributed by atoms with Crippen LogP contribution in [0.1, 0.15) is 33.2 Å². The highest BCUT2D eigenvalue weighted by Gasteiger charge is 2.23. The lowest BCUT2D eigenvalue weighted by atomic mass is 10.0. The molecule has 1 aliphatic rings. The molecule has 116 valence electrons. The van der Waals surface area contributed by atoms with E-state index >= 15 is 0 Å². The van der Waals surface area contributed by atoms with E-state index in [0.29, 0.717) is 11.4 Å². The molecule has 0 saturated carbocycles. The van der Waals surface area contributed by atoms with Crippen molar-refractivity contribution >= 4 is 23.1 Å². The van der Waals surface area contributed by atoms with Crippen molar-refractivity contribution in [3.8, 4) is 0 Å². The summed E-state index contributed by atoms with van der Waals surface area (Å²) < 4.78 is 0. The Balaban J connectivity index is 1.83. The molecule has 1 aliphatic heterocycles. The number of nitrogens with one attached hydrogen (secondary N) is 1. The summed E-state index contributed by atoms with van der Waals surface area (Å²) in [4.78, 5) is 19.3. The van der Waals surface area contributed by atoms with Crippen molar-refractivity contribution in [2.24, 2.45) is 10.9 Å². The average Bonchev–Trinajstić information content (AvgIpc) is 2.80. The van der Waals surface area contributed by atoms with Crippen molar-refractivity contribution in [1.29, 1.82) is 0 Å². The second-order valence-corrected chi connectivity index (χ2v) is 6.47. The molecule has 0 radical (unpaired) electrons. The van der Waals surface area contributed by atoms with Crippen LogP contribution in [0.5, 0.6) is 0 Å². The molecule has 0 aromatic carbocycles. The van der Waals surface area contributed by atoms with Gasteiger partial charge in [0.1, 0.15) is 4.88 Å². The zero-order valence-corrected chi connectivity index (χ0v) is 13.1. The highest BCUT2D eigenvalue weighted by molar-refractivity contribution is 7.13. The Morgan fingerprint density at radius 1 is 1.52 bits per heavy atom. The van der Waals surface area contributed by atoms with Crippen LogP contribution in [0.4, 0.5) is 0 Å². The van der Waals surface area contributed by atoms with E-state index in [4.69, 9.17) is 10.9 Å². The fourth-order valence-corrected chi connectivity index (χ4v) is 3.31. The van der Waals surface area contributed by atoms with E-state index in [0.717, 1.165) is 36.6 Å². The maximum Gasteiger partial charge on any atom is 0.263 e. The van der Waals surface area contributed by atoms with E-state index in [-0.39, 0.29) is 17.8 Å². The van der Waals surface area contributed by atoms with E-state index < -0.39 is 0 Å². The van der Waals surface area contributed by atoms with E-state index in [2.05, 4.69) is 20.4 Å². The standard InChI is InChI=1S/C13H21N5O2S/c1-8-12(21-9(2)15-8)13(19)16-10-3-5-18(6-4-10)7-11(14)17-20/h10,20H,3-7H2,1-2H3,(H2,14,17)(H,16,19). The van der Waals surface area contributed by atoms with Crippen molar-refractivity contribution < 1.29 is 10.0 Å². The number of piperidine rings is 1. The third kappa shape index (κ3) is 4.15. The first kappa shape index (κ1) is 15.7. The number of aromatic nitrogens is 1. The Labute approximate surface area is 127 Å². The molecule has 0 bridgehead atoms. The number of nitrogens with zero attached hydrogens (tertiary/aromatic N) is 3. The minimum absolute atomic E-state index is 0.0343. The van der Waals surface area contributed by atoms with Gasteiger partial charge in [-0.2, -0.15) is 0 Å². The molecule has 0 unspecified atom stereocenters. The lowest BCUT2D eigenvalue weighted by Gasteiger charge is -2.31. The summed E-state index contributed by atoms with van der Waals surface area (Å²) in [5.74, 6) is 0.182. The first-order chi connectivity index (χ1) is 9.99. The Morgan fingerprint density at radius 2 is 2.19 bits per heavy atom. The average molecular weight is 311 g/mol. The van der Waals surface area contributed by atoms with Gasteiger partial charge in [-0.1, -0.05) is 5.16 Å². The number of carbonyl (C=O) groups is 1. The number of carbonyl (C=O) groups excluding carboxylic acids is 1. The molecule has 8 heteroatoms. The highest BCUT2D eigenvalue weighted by atomic mass is 32.1. The minimum atomic E-state index is -0.0343. The summed E-state index contributed by atoms with van der Waals surface area (Å²) in [7, 11) is 0. The number of amidine groups is 1. The predicted molar refractivity (Wildman–Crippen MR) is 81.9 cm³/mol. The summed E-state index contributed by atoms with van der Waals surface area (Å²) in [6, 6.07) is 0.169. The molecule has 1 aromatic rings. The first-order valence-corrected chi connectivity index (χ1v) is 7.75. The zero-order chi connectivity index (χ0) is 15.4. The normalized spacial score (nSPS) is 17.9. The topological polar surface area (TPSA) is 104 Å². The van der Waals surface area contributed by atoms with Gasteiger partial charge in [-0.3, -0.25) is 9.69 Å². The molecule has 2 rings (SSSR count). The van der Waals surface area contributed by atoms with Gasteiger partial charge in [0.05, 0.1) is 17.2 Å². The van der Waals surface area contributed by atoms with Gasteiger partial charge >= 0.3 is 0 Å². The fraction of sp³-hybridized carbons (Fsp3) is 0.615. The monoisotopic (exact) mass is 311 g/mol.